The van der Waals surface area contributed by atoms with Crippen molar-refractivity contribution in [3.05, 3.63) is 29.3 Å². The summed E-state index contributed by atoms with van der Waals surface area (Å²) in [6.45, 7) is 1.50. The molecule has 1 aromatic carbocycles. The van der Waals surface area contributed by atoms with Crippen LogP contribution in [0.3, 0.4) is 0 Å². The molecule has 0 aliphatic carbocycles. The van der Waals surface area contributed by atoms with Gasteiger partial charge >= 0.3 is 0 Å². The predicted octanol–water partition coefficient (Wildman–Crippen LogP) is 2.44. The quantitative estimate of drug-likeness (QED) is 0.398. The molecule has 0 fully saturated rings. The molecule has 0 bridgehead atoms. The second-order valence-corrected chi connectivity index (χ2v) is 2.14. The van der Waals surface area contributed by atoms with E-state index < -0.39 is 29.0 Å². The van der Waals surface area contributed by atoms with Gasteiger partial charge in [0, 0.05) is 0 Å². The second-order valence-electron chi connectivity index (χ2n) is 2.14. The largest absolute Gasteiger partial charge is 0.490 e. The monoisotopic (exact) mass is 193 g/mol. The van der Waals surface area contributed by atoms with Crippen LogP contribution in [-0.2, 0) is 0 Å². The van der Waals surface area contributed by atoms with E-state index in [9.17, 15) is 17.6 Å². The van der Waals surface area contributed by atoms with Crippen molar-refractivity contribution in [2.24, 2.45) is 0 Å². The normalized spacial score (nSPS) is 10.2. The van der Waals surface area contributed by atoms with Crippen molar-refractivity contribution in [3.8, 4) is 5.75 Å². The Morgan fingerprint density at radius 2 is 1.69 bits per heavy atom. The summed E-state index contributed by atoms with van der Waals surface area (Å²) in [6, 6.07) is 1.61. The van der Waals surface area contributed by atoms with Gasteiger partial charge in [0.1, 0.15) is 0 Å². The number of hydrogen-bond acceptors (Lipinski definition) is 1. The van der Waals surface area contributed by atoms with Crippen LogP contribution >= 0.6 is 0 Å². The van der Waals surface area contributed by atoms with E-state index in [1.165, 1.54) is 6.92 Å². The van der Waals surface area contributed by atoms with Crippen molar-refractivity contribution in [1.82, 2.24) is 0 Å². The highest BCUT2D eigenvalue weighted by atomic mass is 19.2. The van der Waals surface area contributed by atoms with E-state index in [4.69, 9.17) is 0 Å². The van der Waals surface area contributed by atoms with Crippen molar-refractivity contribution in [3.63, 3.8) is 0 Å². The Morgan fingerprint density at radius 3 is 2.23 bits per heavy atom. The SMILES string of the molecule is CCOc1[c]c(F)c(F)c(F)c1F. The number of halogens is 4. The summed E-state index contributed by atoms with van der Waals surface area (Å²) >= 11 is 0. The van der Waals surface area contributed by atoms with E-state index in [1.54, 1.807) is 6.07 Å². The molecule has 71 valence electrons. The average Bonchev–Trinajstić information content (AvgIpc) is 2.11. The Morgan fingerprint density at radius 1 is 1.08 bits per heavy atom. The average molecular weight is 193 g/mol. The first-order chi connectivity index (χ1) is 6.07. The summed E-state index contributed by atoms with van der Waals surface area (Å²) < 4.78 is 54.4. The molecule has 0 heterocycles. The fraction of sp³-hybridized carbons (Fsp3) is 0.250. The summed E-state index contributed by atoms with van der Waals surface area (Å²) in [5.74, 6) is -7.69. The van der Waals surface area contributed by atoms with E-state index in [-0.39, 0.29) is 6.61 Å². The van der Waals surface area contributed by atoms with Crippen LogP contribution in [0.4, 0.5) is 17.6 Å². The number of hydrogen-bond donors (Lipinski definition) is 0. The molecule has 1 radical (unpaired) electrons. The lowest BCUT2D eigenvalue weighted by Crippen LogP contribution is -2.02. The van der Waals surface area contributed by atoms with Gasteiger partial charge in [0.05, 0.1) is 12.7 Å². The highest BCUT2D eigenvalue weighted by Gasteiger charge is 2.19. The van der Waals surface area contributed by atoms with Crippen LogP contribution in [0.5, 0.6) is 5.75 Å². The van der Waals surface area contributed by atoms with Crippen molar-refractivity contribution in [2.45, 2.75) is 6.92 Å². The molecule has 0 aliphatic rings. The van der Waals surface area contributed by atoms with E-state index in [0.717, 1.165) is 0 Å². The minimum atomic E-state index is -1.89. The van der Waals surface area contributed by atoms with Gasteiger partial charge in [0.2, 0.25) is 11.6 Å². The summed E-state index contributed by atoms with van der Waals surface area (Å²) in [7, 11) is 0. The number of benzene rings is 1. The first-order valence-electron chi connectivity index (χ1n) is 3.46. The second kappa shape index (κ2) is 3.64. The first-order valence-corrected chi connectivity index (χ1v) is 3.46. The molecule has 0 atom stereocenters. The third-order valence-electron chi connectivity index (χ3n) is 1.29. The van der Waals surface area contributed by atoms with Crippen LogP contribution < -0.4 is 4.74 Å². The van der Waals surface area contributed by atoms with Gasteiger partial charge in [-0.05, 0) is 6.92 Å². The van der Waals surface area contributed by atoms with E-state index in [2.05, 4.69) is 4.74 Å². The topological polar surface area (TPSA) is 9.23 Å². The molecule has 1 rings (SSSR count). The van der Waals surface area contributed by atoms with Crippen LogP contribution in [0, 0.1) is 29.3 Å². The van der Waals surface area contributed by atoms with Crippen LogP contribution in [0.1, 0.15) is 6.92 Å². The lowest BCUT2D eigenvalue weighted by Gasteiger charge is -2.04. The highest BCUT2D eigenvalue weighted by molar-refractivity contribution is 5.25. The predicted molar refractivity (Wildman–Crippen MR) is 36.3 cm³/mol. The van der Waals surface area contributed by atoms with Crippen molar-refractivity contribution < 1.29 is 22.3 Å². The standard InChI is InChI=1S/C8H5F4O/c1-2-13-5-3-4(9)6(10)8(12)7(5)11/h2H2,1H3. The van der Waals surface area contributed by atoms with Crippen molar-refractivity contribution in [1.29, 1.82) is 0 Å². The van der Waals surface area contributed by atoms with Gasteiger partial charge in [-0.15, -0.1) is 0 Å². The Kier molecular flexibility index (Phi) is 2.75. The molecule has 0 unspecified atom stereocenters. The summed E-state index contributed by atoms with van der Waals surface area (Å²) in [5, 5.41) is 0. The Labute approximate surface area is 71.9 Å². The molecule has 0 saturated heterocycles. The highest BCUT2D eigenvalue weighted by Crippen LogP contribution is 2.23. The zero-order valence-electron chi connectivity index (χ0n) is 6.63. The fourth-order valence-electron chi connectivity index (χ4n) is 0.746. The molecule has 13 heavy (non-hydrogen) atoms. The van der Waals surface area contributed by atoms with Gasteiger partial charge in [-0.1, -0.05) is 0 Å². The van der Waals surface area contributed by atoms with E-state index in [0.29, 0.717) is 0 Å². The molecule has 0 aromatic heterocycles. The lowest BCUT2D eigenvalue weighted by atomic mass is 10.3. The van der Waals surface area contributed by atoms with E-state index in [1.807, 2.05) is 0 Å². The maximum absolute atomic E-state index is 12.7. The molecule has 0 aliphatic heterocycles. The van der Waals surface area contributed by atoms with Crippen LogP contribution in [0.2, 0.25) is 0 Å². The molecular formula is C8H5F4O. The van der Waals surface area contributed by atoms with Crippen LogP contribution in [-0.4, -0.2) is 6.61 Å². The Hall–Kier alpha value is -1.26. The summed E-state index contributed by atoms with van der Waals surface area (Å²) in [6.07, 6.45) is 0. The van der Waals surface area contributed by atoms with Gasteiger partial charge in [0.25, 0.3) is 0 Å². The number of rotatable bonds is 2. The summed E-state index contributed by atoms with van der Waals surface area (Å²) in [5.41, 5.74) is 0. The smallest absolute Gasteiger partial charge is 0.204 e. The third-order valence-corrected chi connectivity index (χ3v) is 1.29. The van der Waals surface area contributed by atoms with Gasteiger partial charge in [-0.3, -0.25) is 0 Å². The maximum atomic E-state index is 12.7. The molecular weight excluding hydrogens is 188 g/mol. The molecule has 5 heteroatoms. The molecule has 0 N–H and O–H groups in total. The van der Waals surface area contributed by atoms with Crippen LogP contribution in [0.25, 0.3) is 0 Å². The molecule has 1 aromatic rings. The van der Waals surface area contributed by atoms with Crippen molar-refractivity contribution >= 4 is 0 Å². The van der Waals surface area contributed by atoms with Gasteiger partial charge in [-0.2, -0.15) is 4.39 Å². The zero-order chi connectivity index (χ0) is 10.0. The number of ether oxygens (including phenoxy) is 1. The van der Waals surface area contributed by atoms with Gasteiger partial charge in [-0.25, -0.2) is 13.2 Å². The minimum absolute atomic E-state index is 0.0118. The summed E-state index contributed by atoms with van der Waals surface area (Å²) in [4.78, 5) is 0. The molecule has 1 nitrogen and oxygen atoms in total. The maximum Gasteiger partial charge on any atom is 0.204 e. The lowest BCUT2D eigenvalue weighted by molar-refractivity contribution is 0.301. The zero-order valence-corrected chi connectivity index (χ0v) is 6.63. The van der Waals surface area contributed by atoms with Gasteiger partial charge in [0.15, 0.2) is 17.4 Å². The third kappa shape index (κ3) is 1.74. The van der Waals surface area contributed by atoms with Crippen molar-refractivity contribution in [2.75, 3.05) is 6.61 Å². The minimum Gasteiger partial charge on any atom is -0.490 e. The molecule has 0 amide bonds. The van der Waals surface area contributed by atoms with Crippen LogP contribution in [0.15, 0.2) is 0 Å². The molecule has 0 spiro atoms. The Bertz CT molecular complexity index is 324. The Balaban J connectivity index is 3.24. The fourth-order valence-corrected chi connectivity index (χ4v) is 0.746. The van der Waals surface area contributed by atoms with Gasteiger partial charge < -0.3 is 4.74 Å². The molecule has 0 saturated carbocycles. The first kappa shape index (κ1) is 9.83. The van der Waals surface area contributed by atoms with E-state index >= 15 is 0 Å².